The number of nitrogens with zero attached hydrogens (tertiary/aromatic N) is 2. The first-order valence-electron chi connectivity index (χ1n) is 7.87. The van der Waals surface area contributed by atoms with E-state index < -0.39 is 10.9 Å². The van der Waals surface area contributed by atoms with Crippen LogP contribution in [0.4, 0.5) is 5.69 Å². The maximum Gasteiger partial charge on any atom is 0.307 e. The molecule has 0 aliphatic rings. The van der Waals surface area contributed by atoms with E-state index in [1.807, 2.05) is 25.1 Å². The van der Waals surface area contributed by atoms with Gasteiger partial charge in [0.05, 0.1) is 17.0 Å². The second-order valence-electron chi connectivity index (χ2n) is 5.70. The van der Waals surface area contributed by atoms with Gasteiger partial charge in [-0.2, -0.15) is 0 Å². The maximum atomic E-state index is 11.1. The Morgan fingerprint density at radius 3 is 2.48 bits per heavy atom. The number of rotatable bonds is 5. The van der Waals surface area contributed by atoms with Crippen molar-refractivity contribution in [2.24, 2.45) is 0 Å². The van der Waals surface area contributed by atoms with Crippen LogP contribution in [0, 0.1) is 10.1 Å². The minimum Gasteiger partial charge on any atom is -0.481 e. The highest BCUT2D eigenvalue weighted by Gasteiger charge is 2.13. The molecule has 0 unspecified atom stereocenters. The van der Waals surface area contributed by atoms with Gasteiger partial charge in [-0.25, -0.2) is 0 Å². The molecule has 3 rings (SSSR count). The van der Waals surface area contributed by atoms with E-state index in [1.54, 1.807) is 18.2 Å². The van der Waals surface area contributed by atoms with Gasteiger partial charge in [0, 0.05) is 28.8 Å². The lowest BCUT2D eigenvalue weighted by molar-refractivity contribution is -0.384. The monoisotopic (exact) mass is 336 g/mol. The summed E-state index contributed by atoms with van der Waals surface area (Å²) in [5.41, 5.74) is 3.06. The Labute approximate surface area is 143 Å². The number of carboxylic acids is 1. The highest BCUT2D eigenvalue weighted by Crippen LogP contribution is 2.31. The molecule has 6 nitrogen and oxygen atoms in total. The van der Waals surface area contributed by atoms with E-state index in [-0.39, 0.29) is 12.1 Å². The number of hydrogen-bond donors (Lipinski definition) is 1. The Kier molecular flexibility index (Phi) is 4.43. The first kappa shape index (κ1) is 16.6. The molecular weight excluding hydrogens is 320 g/mol. The molecule has 0 saturated heterocycles. The molecule has 1 aromatic heterocycles. The van der Waals surface area contributed by atoms with Crippen molar-refractivity contribution in [1.82, 2.24) is 4.98 Å². The molecule has 0 fully saturated rings. The summed E-state index contributed by atoms with van der Waals surface area (Å²) in [7, 11) is 0. The fourth-order valence-corrected chi connectivity index (χ4v) is 2.85. The van der Waals surface area contributed by atoms with Crippen LogP contribution in [0.1, 0.15) is 18.2 Å². The van der Waals surface area contributed by atoms with Crippen LogP contribution in [0.2, 0.25) is 0 Å². The lowest BCUT2D eigenvalue weighted by atomic mass is 9.97. The van der Waals surface area contributed by atoms with Gasteiger partial charge in [-0.15, -0.1) is 0 Å². The summed E-state index contributed by atoms with van der Waals surface area (Å²) in [6, 6.07) is 13.7. The highest BCUT2D eigenvalue weighted by atomic mass is 16.6. The second kappa shape index (κ2) is 6.68. The van der Waals surface area contributed by atoms with Crippen LogP contribution in [-0.2, 0) is 17.6 Å². The summed E-state index contributed by atoms with van der Waals surface area (Å²) < 4.78 is 0. The van der Waals surface area contributed by atoms with Crippen LogP contribution in [-0.4, -0.2) is 21.0 Å². The molecule has 0 bridgehead atoms. The third-order valence-corrected chi connectivity index (χ3v) is 4.07. The summed E-state index contributed by atoms with van der Waals surface area (Å²) in [4.78, 5) is 26.2. The number of aryl methyl sites for hydroxylation is 1. The fourth-order valence-electron chi connectivity index (χ4n) is 2.85. The van der Waals surface area contributed by atoms with Crippen LogP contribution < -0.4 is 0 Å². The number of hydrogen-bond acceptors (Lipinski definition) is 4. The number of carbonyl (C=O) groups is 1. The second-order valence-corrected chi connectivity index (χ2v) is 5.70. The molecule has 0 amide bonds. The van der Waals surface area contributed by atoms with Crippen LogP contribution in [0.5, 0.6) is 0 Å². The Balaban J connectivity index is 2.23. The van der Waals surface area contributed by atoms with E-state index in [2.05, 4.69) is 4.98 Å². The maximum absolute atomic E-state index is 11.1. The third kappa shape index (κ3) is 3.33. The fraction of sp³-hybridized carbons (Fsp3) is 0.158. The van der Waals surface area contributed by atoms with Crippen molar-refractivity contribution in [2.45, 2.75) is 19.8 Å². The van der Waals surface area contributed by atoms with Gasteiger partial charge in [0.25, 0.3) is 5.69 Å². The van der Waals surface area contributed by atoms with Crippen molar-refractivity contribution < 1.29 is 14.8 Å². The summed E-state index contributed by atoms with van der Waals surface area (Å²) in [6.07, 6.45) is 0.640. The van der Waals surface area contributed by atoms with Crippen LogP contribution >= 0.6 is 0 Å². The minimum atomic E-state index is -0.890. The van der Waals surface area contributed by atoms with E-state index in [0.29, 0.717) is 12.1 Å². The van der Waals surface area contributed by atoms with E-state index >= 15 is 0 Å². The van der Waals surface area contributed by atoms with Crippen molar-refractivity contribution in [2.75, 3.05) is 0 Å². The Morgan fingerprint density at radius 1 is 1.16 bits per heavy atom. The Bertz CT molecular complexity index is 965. The molecule has 25 heavy (non-hydrogen) atoms. The van der Waals surface area contributed by atoms with E-state index in [0.717, 1.165) is 27.6 Å². The normalized spacial score (nSPS) is 10.8. The van der Waals surface area contributed by atoms with E-state index in [1.165, 1.54) is 12.1 Å². The topological polar surface area (TPSA) is 93.3 Å². The molecule has 0 radical (unpaired) electrons. The summed E-state index contributed by atoms with van der Waals surface area (Å²) in [5, 5.41) is 21.7. The zero-order valence-corrected chi connectivity index (χ0v) is 13.6. The SMILES string of the molecule is CCc1cc2c(CC(=O)O)cccc2c(-c2ccc([N+](=O)[O-])cc2)n1. The highest BCUT2D eigenvalue weighted by molar-refractivity contribution is 5.98. The first-order valence-corrected chi connectivity index (χ1v) is 7.87. The molecule has 1 N–H and O–H groups in total. The molecule has 1 heterocycles. The van der Waals surface area contributed by atoms with Crippen molar-refractivity contribution in [3.63, 3.8) is 0 Å². The van der Waals surface area contributed by atoms with Gasteiger partial charge in [0.2, 0.25) is 0 Å². The van der Waals surface area contributed by atoms with Crippen LogP contribution in [0.25, 0.3) is 22.0 Å². The molecule has 0 aliphatic carbocycles. The molecule has 6 heteroatoms. The molecular formula is C19H16N2O4. The largest absolute Gasteiger partial charge is 0.481 e. The number of fused-ring (bicyclic) bond motifs is 1. The van der Waals surface area contributed by atoms with Gasteiger partial charge < -0.3 is 5.11 Å². The number of aliphatic carboxylic acids is 1. The molecule has 126 valence electrons. The number of benzene rings is 2. The van der Waals surface area contributed by atoms with Crippen molar-refractivity contribution in [1.29, 1.82) is 0 Å². The van der Waals surface area contributed by atoms with Crippen molar-refractivity contribution >= 4 is 22.4 Å². The van der Waals surface area contributed by atoms with E-state index in [4.69, 9.17) is 5.11 Å². The number of carboxylic acid groups (broad SMARTS) is 1. The lowest BCUT2D eigenvalue weighted by Crippen LogP contribution is -2.02. The molecule has 3 aromatic rings. The first-order chi connectivity index (χ1) is 12.0. The van der Waals surface area contributed by atoms with Gasteiger partial charge >= 0.3 is 5.97 Å². The van der Waals surface area contributed by atoms with Gasteiger partial charge in [0.1, 0.15) is 0 Å². The van der Waals surface area contributed by atoms with Gasteiger partial charge in [0.15, 0.2) is 0 Å². The molecule has 0 saturated carbocycles. The predicted octanol–water partition coefficient (Wildman–Crippen LogP) is 4.00. The zero-order chi connectivity index (χ0) is 18.0. The quantitative estimate of drug-likeness (QED) is 0.561. The van der Waals surface area contributed by atoms with Gasteiger partial charge in [-0.1, -0.05) is 25.1 Å². The van der Waals surface area contributed by atoms with E-state index in [9.17, 15) is 14.9 Å². The lowest BCUT2D eigenvalue weighted by Gasteiger charge is -2.12. The van der Waals surface area contributed by atoms with Crippen LogP contribution in [0.3, 0.4) is 0 Å². The minimum absolute atomic E-state index is 0.0197. The zero-order valence-electron chi connectivity index (χ0n) is 13.6. The summed E-state index contributed by atoms with van der Waals surface area (Å²) in [6.45, 7) is 1.98. The molecule has 0 spiro atoms. The van der Waals surface area contributed by atoms with Crippen molar-refractivity contribution in [3.8, 4) is 11.3 Å². The Morgan fingerprint density at radius 2 is 1.88 bits per heavy atom. The standard InChI is InChI=1S/C19H16N2O4/c1-2-14-11-17-13(10-18(22)23)4-3-5-16(17)19(20-14)12-6-8-15(9-7-12)21(24)25/h3-9,11H,2,10H2,1H3,(H,22,23). The molecule has 0 aliphatic heterocycles. The van der Waals surface area contributed by atoms with Gasteiger partial charge in [-0.05, 0) is 35.6 Å². The summed E-state index contributed by atoms with van der Waals surface area (Å²) >= 11 is 0. The number of nitro benzene ring substituents is 1. The average molecular weight is 336 g/mol. The number of pyridine rings is 1. The van der Waals surface area contributed by atoms with Crippen LogP contribution in [0.15, 0.2) is 48.5 Å². The number of nitro groups is 1. The predicted molar refractivity (Wildman–Crippen MR) is 94.6 cm³/mol. The number of non-ortho nitro benzene ring substituents is 1. The number of aromatic nitrogens is 1. The summed E-state index contributed by atoms with van der Waals surface area (Å²) in [5.74, 6) is -0.890. The third-order valence-electron chi connectivity index (χ3n) is 4.07. The van der Waals surface area contributed by atoms with Crippen molar-refractivity contribution in [3.05, 3.63) is 69.9 Å². The Hall–Kier alpha value is -3.28. The smallest absolute Gasteiger partial charge is 0.307 e. The molecule has 2 aromatic carbocycles. The molecule has 0 atom stereocenters. The van der Waals surface area contributed by atoms with Gasteiger partial charge in [-0.3, -0.25) is 19.9 Å². The average Bonchev–Trinajstić information content (AvgIpc) is 2.61.